The zero-order valence-electron chi connectivity index (χ0n) is 16.5. The number of carbonyl (C=O) groups is 2. The van der Waals surface area contributed by atoms with E-state index in [0.29, 0.717) is 27.7 Å². The molecular weight excluding hydrogens is 400 g/mol. The summed E-state index contributed by atoms with van der Waals surface area (Å²) in [4.78, 5) is 28.0. The number of nitrogens with zero attached hydrogens (tertiary/aromatic N) is 1. The van der Waals surface area contributed by atoms with Crippen molar-refractivity contribution in [3.05, 3.63) is 94.6 Å². The normalized spacial score (nSPS) is 13.8. The minimum Gasteiger partial charge on any atom is -0.496 e. The van der Waals surface area contributed by atoms with Crippen LogP contribution in [0.15, 0.2) is 78.5 Å². The van der Waals surface area contributed by atoms with Crippen molar-refractivity contribution in [2.75, 3.05) is 17.3 Å². The van der Waals surface area contributed by atoms with E-state index >= 15 is 0 Å². The highest BCUT2D eigenvalue weighted by Gasteiger charge is 2.41. The maximum atomic E-state index is 13.5. The zero-order chi connectivity index (χ0) is 21.3. The highest BCUT2D eigenvalue weighted by atomic mass is 35.5. The molecule has 6 heteroatoms. The van der Waals surface area contributed by atoms with Crippen LogP contribution in [-0.2, 0) is 9.59 Å². The number of methoxy groups -OCH3 is 1. The lowest BCUT2D eigenvalue weighted by Gasteiger charge is -2.16. The molecule has 3 aromatic rings. The van der Waals surface area contributed by atoms with Gasteiger partial charge in [-0.2, -0.15) is 0 Å². The maximum Gasteiger partial charge on any atom is 0.282 e. The third kappa shape index (κ3) is 3.55. The van der Waals surface area contributed by atoms with Gasteiger partial charge in [-0.3, -0.25) is 9.59 Å². The molecule has 150 valence electrons. The van der Waals surface area contributed by atoms with Crippen LogP contribution in [0.4, 0.5) is 11.4 Å². The fourth-order valence-electron chi connectivity index (χ4n) is 3.46. The quantitative estimate of drug-likeness (QED) is 0.589. The number of ether oxygens (including phenoxy) is 1. The largest absolute Gasteiger partial charge is 0.496 e. The lowest BCUT2D eigenvalue weighted by atomic mass is 10.0. The Balaban J connectivity index is 1.87. The monoisotopic (exact) mass is 418 g/mol. The van der Waals surface area contributed by atoms with Crippen molar-refractivity contribution in [3.63, 3.8) is 0 Å². The zero-order valence-corrected chi connectivity index (χ0v) is 17.2. The van der Waals surface area contributed by atoms with Crippen molar-refractivity contribution >= 4 is 40.4 Å². The van der Waals surface area contributed by atoms with Gasteiger partial charge in [0.1, 0.15) is 11.4 Å². The third-order valence-corrected chi connectivity index (χ3v) is 5.05. The summed E-state index contributed by atoms with van der Waals surface area (Å²) in [7, 11) is 1.53. The predicted octanol–water partition coefficient (Wildman–Crippen LogP) is 5.05. The summed E-state index contributed by atoms with van der Waals surface area (Å²) in [6.45, 7) is 1.96. The number of para-hydroxylation sites is 1. The van der Waals surface area contributed by atoms with Crippen molar-refractivity contribution in [2.24, 2.45) is 0 Å². The summed E-state index contributed by atoms with van der Waals surface area (Å²) in [6, 6.07) is 21.4. The average molecular weight is 419 g/mol. The van der Waals surface area contributed by atoms with E-state index in [4.69, 9.17) is 16.3 Å². The standard InChI is InChI=1S/C24H19ClN2O3/c1-15-7-5-9-17(13-15)26-22-21(19-11-3-4-12-20(19)30-2)23(28)27(24(22)29)18-10-6-8-16(25)14-18/h3-14,26H,1-2H3. The molecule has 0 bridgehead atoms. The molecule has 1 aliphatic rings. The summed E-state index contributed by atoms with van der Waals surface area (Å²) in [5, 5.41) is 3.59. The molecule has 0 spiro atoms. The number of anilines is 2. The first kappa shape index (κ1) is 19.7. The van der Waals surface area contributed by atoms with Gasteiger partial charge in [-0.05, 0) is 48.9 Å². The van der Waals surface area contributed by atoms with Crippen LogP contribution in [0.2, 0.25) is 5.02 Å². The van der Waals surface area contributed by atoms with Crippen LogP contribution >= 0.6 is 11.6 Å². The Kier molecular flexibility index (Phi) is 5.29. The number of hydrogen-bond acceptors (Lipinski definition) is 4. The highest BCUT2D eigenvalue weighted by Crippen LogP contribution is 2.37. The van der Waals surface area contributed by atoms with Gasteiger partial charge in [-0.25, -0.2) is 4.90 Å². The van der Waals surface area contributed by atoms with Gasteiger partial charge in [-0.1, -0.05) is 48.0 Å². The lowest BCUT2D eigenvalue weighted by molar-refractivity contribution is -0.120. The minimum absolute atomic E-state index is 0.190. The topological polar surface area (TPSA) is 58.6 Å². The van der Waals surface area contributed by atoms with E-state index in [0.717, 1.165) is 10.5 Å². The van der Waals surface area contributed by atoms with E-state index in [1.807, 2.05) is 37.3 Å². The van der Waals surface area contributed by atoms with E-state index < -0.39 is 11.8 Å². The van der Waals surface area contributed by atoms with Crippen LogP contribution in [0.5, 0.6) is 5.75 Å². The second-order valence-corrected chi connectivity index (χ2v) is 7.31. The molecule has 0 saturated carbocycles. The van der Waals surface area contributed by atoms with Crippen LogP contribution in [-0.4, -0.2) is 18.9 Å². The highest BCUT2D eigenvalue weighted by molar-refractivity contribution is 6.46. The van der Waals surface area contributed by atoms with Gasteiger partial charge in [0.25, 0.3) is 11.8 Å². The number of carbonyl (C=O) groups excluding carboxylic acids is 2. The van der Waals surface area contributed by atoms with E-state index in [1.165, 1.54) is 7.11 Å². The Morgan fingerprint density at radius 2 is 1.67 bits per heavy atom. The fourth-order valence-corrected chi connectivity index (χ4v) is 3.65. The second kappa shape index (κ2) is 8.05. The van der Waals surface area contributed by atoms with Crippen molar-refractivity contribution in [1.82, 2.24) is 0 Å². The molecule has 0 aromatic heterocycles. The van der Waals surface area contributed by atoms with Gasteiger partial charge in [0.2, 0.25) is 0 Å². The van der Waals surface area contributed by atoms with Gasteiger partial charge < -0.3 is 10.1 Å². The van der Waals surface area contributed by atoms with Crippen molar-refractivity contribution in [2.45, 2.75) is 6.92 Å². The van der Waals surface area contributed by atoms with E-state index in [-0.39, 0.29) is 11.3 Å². The van der Waals surface area contributed by atoms with Gasteiger partial charge in [0.05, 0.1) is 18.4 Å². The smallest absolute Gasteiger partial charge is 0.282 e. The van der Waals surface area contributed by atoms with E-state index in [2.05, 4.69) is 5.32 Å². The third-order valence-electron chi connectivity index (χ3n) is 4.81. The van der Waals surface area contributed by atoms with Crippen molar-refractivity contribution in [3.8, 4) is 5.75 Å². The molecule has 1 heterocycles. The van der Waals surface area contributed by atoms with Gasteiger partial charge in [0, 0.05) is 16.3 Å². The van der Waals surface area contributed by atoms with Gasteiger partial charge in [0.15, 0.2) is 0 Å². The number of hydrogen-bond donors (Lipinski definition) is 1. The molecule has 3 aromatic carbocycles. The number of amides is 2. The van der Waals surface area contributed by atoms with Crippen LogP contribution in [0.3, 0.4) is 0 Å². The Bertz CT molecular complexity index is 1190. The minimum atomic E-state index is -0.454. The van der Waals surface area contributed by atoms with Gasteiger partial charge >= 0.3 is 0 Å². The first-order valence-electron chi connectivity index (χ1n) is 9.35. The molecule has 2 amide bonds. The van der Waals surface area contributed by atoms with E-state index in [1.54, 1.807) is 42.5 Å². The number of imide groups is 1. The average Bonchev–Trinajstić information content (AvgIpc) is 2.97. The predicted molar refractivity (Wildman–Crippen MR) is 119 cm³/mol. The van der Waals surface area contributed by atoms with Gasteiger partial charge in [-0.15, -0.1) is 0 Å². The SMILES string of the molecule is COc1ccccc1C1=C(Nc2cccc(C)c2)C(=O)N(c2cccc(Cl)c2)C1=O. The van der Waals surface area contributed by atoms with Crippen LogP contribution in [0.25, 0.3) is 5.57 Å². The Morgan fingerprint density at radius 3 is 2.40 bits per heavy atom. The number of nitrogens with one attached hydrogen (secondary N) is 1. The molecule has 5 nitrogen and oxygen atoms in total. The summed E-state index contributed by atoms with van der Waals surface area (Å²) >= 11 is 6.10. The molecule has 0 aliphatic carbocycles. The van der Waals surface area contributed by atoms with Crippen LogP contribution in [0, 0.1) is 6.92 Å². The Hall–Kier alpha value is -3.57. The molecular formula is C24H19ClN2O3. The Labute approximate surface area is 179 Å². The Morgan fingerprint density at radius 1 is 0.900 bits per heavy atom. The molecule has 0 saturated heterocycles. The number of rotatable bonds is 5. The lowest BCUT2D eigenvalue weighted by Crippen LogP contribution is -2.32. The summed E-state index contributed by atoms with van der Waals surface area (Å²) < 4.78 is 5.45. The number of halogens is 1. The maximum absolute atomic E-state index is 13.5. The number of benzene rings is 3. The van der Waals surface area contributed by atoms with Crippen LogP contribution < -0.4 is 15.0 Å². The molecule has 0 atom stereocenters. The van der Waals surface area contributed by atoms with Crippen molar-refractivity contribution < 1.29 is 14.3 Å². The number of aryl methyl sites for hydroxylation is 1. The van der Waals surface area contributed by atoms with Crippen molar-refractivity contribution in [1.29, 1.82) is 0 Å². The van der Waals surface area contributed by atoms with Crippen LogP contribution in [0.1, 0.15) is 11.1 Å². The molecule has 0 fully saturated rings. The fraction of sp³-hybridized carbons (Fsp3) is 0.0833. The first-order valence-corrected chi connectivity index (χ1v) is 9.73. The second-order valence-electron chi connectivity index (χ2n) is 6.87. The summed E-state index contributed by atoms with van der Waals surface area (Å²) in [5.41, 5.74) is 3.13. The molecule has 0 radical (unpaired) electrons. The van der Waals surface area contributed by atoms with E-state index in [9.17, 15) is 9.59 Å². The molecule has 1 N–H and O–H groups in total. The first-order chi connectivity index (χ1) is 14.5. The molecule has 4 rings (SSSR count). The molecule has 0 unspecified atom stereocenters. The summed E-state index contributed by atoms with van der Waals surface area (Å²) in [5.74, 6) is -0.392. The molecule has 1 aliphatic heterocycles. The molecule has 30 heavy (non-hydrogen) atoms. The summed E-state index contributed by atoms with van der Waals surface area (Å²) in [6.07, 6.45) is 0.